The molecular weight excluding hydrogens is 385 g/mol. The van der Waals surface area contributed by atoms with Gasteiger partial charge in [0.2, 0.25) is 5.95 Å². The first-order valence-electron chi connectivity index (χ1n) is 9.87. The molecule has 5 N–H and O–H groups in total. The summed E-state index contributed by atoms with van der Waals surface area (Å²) < 4.78 is 24.9. The summed E-state index contributed by atoms with van der Waals surface area (Å²) in [6.07, 6.45) is 4.10. The standard InChI is InChI=1S/C22H24FN5O2/c23-17-5-4-16(12-21(17)29-10-8-24)27-22-26-9-7-19(28-22)15-3-6-20(18(25)11-15)30-13-14-1-2-14/h3-7,9,11-12,14H,1-2,8,10,13,24-25H2,(H,26,27,28). The van der Waals surface area contributed by atoms with E-state index in [4.69, 9.17) is 20.9 Å². The van der Waals surface area contributed by atoms with Gasteiger partial charge in [-0.15, -0.1) is 0 Å². The van der Waals surface area contributed by atoms with E-state index in [2.05, 4.69) is 15.3 Å². The van der Waals surface area contributed by atoms with Gasteiger partial charge in [0.15, 0.2) is 11.6 Å². The number of rotatable bonds is 9. The van der Waals surface area contributed by atoms with Crippen molar-refractivity contribution in [3.8, 4) is 22.8 Å². The highest BCUT2D eigenvalue weighted by Crippen LogP contribution is 2.33. The molecule has 1 saturated carbocycles. The maximum atomic E-state index is 13.8. The zero-order chi connectivity index (χ0) is 20.9. The summed E-state index contributed by atoms with van der Waals surface area (Å²) in [6.45, 7) is 1.24. The van der Waals surface area contributed by atoms with Gasteiger partial charge in [0.25, 0.3) is 0 Å². The van der Waals surface area contributed by atoms with Crippen molar-refractivity contribution >= 4 is 17.3 Å². The van der Waals surface area contributed by atoms with Gasteiger partial charge in [-0.05, 0) is 55.2 Å². The molecule has 0 saturated heterocycles. The largest absolute Gasteiger partial charge is 0.491 e. The molecule has 1 aromatic heterocycles. The molecule has 1 heterocycles. The Balaban J connectivity index is 1.49. The Morgan fingerprint density at radius 1 is 1.07 bits per heavy atom. The zero-order valence-corrected chi connectivity index (χ0v) is 16.5. The molecule has 8 heteroatoms. The topological polar surface area (TPSA) is 108 Å². The minimum Gasteiger partial charge on any atom is -0.491 e. The first-order chi connectivity index (χ1) is 14.6. The summed E-state index contributed by atoms with van der Waals surface area (Å²) in [5.41, 5.74) is 14.3. The van der Waals surface area contributed by atoms with Crippen molar-refractivity contribution < 1.29 is 13.9 Å². The molecule has 2 aromatic carbocycles. The lowest BCUT2D eigenvalue weighted by Crippen LogP contribution is -2.11. The fourth-order valence-corrected chi connectivity index (χ4v) is 2.90. The van der Waals surface area contributed by atoms with Crippen LogP contribution in [0.5, 0.6) is 11.5 Å². The van der Waals surface area contributed by atoms with Gasteiger partial charge in [-0.3, -0.25) is 0 Å². The van der Waals surface area contributed by atoms with Crippen molar-refractivity contribution in [2.24, 2.45) is 11.7 Å². The summed E-state index contributed by atoms with van der Waals surface area (Å²) in [7, 11) is 0. The van der Waals surface area contributed by atoms with Gasteiger partial charge >= 0.3 is 0 Å². The van der Waals surface area contributed by atoms with Crippen LogP contribution in [0.2, 0.25) is 0 Å². The third-order valence-corrected chi connectivity index (χ3v) is 4.70. The Hall–Kier alpha value is -3.39. The van der Waals surface area contributed by atoms with E-state index in [0.717, 1.165) is 5.56 Å². The Kier molecular flexibility index (Phi) is 5.94. The molecule has 1 fully saturated rings. The number of hydrogen-bond acceptors (Lipinski definition) is 7. The molecule has 156 valence electrons. The lowest BCUT2D eigenvalue weighted by atomic mass is 10.1. The summed E-state index contributed by atoms with van der Waals surface area (Å²) in [6, 6.07) is 11.9. The van der Waals surface area contributed by atoms with Crippen LogP contribution in [0.4, 0.5) is 21.7 Å². The molecule has 0 radical (unpaired) electrons. The number of hydrogen-bond donors (Lipinski definition) is 3. The molecule has 0 atom stereocenters. The lowest BCUT2D eigenvalue weighted by molar-refractivity contribution is 0.301. The molecule has 1 aliphatic rings. The number of nitrogens with two attached hydrogens (primary N) is 2. The molecule has 0 amide bonds. The van der Waals surface area contributed by atoms with Gasteiger partial charge in [-0.2, -0.15) is 0 Å². The van der Waals surface area contributed by atoms with Crippen molar-refractivity contribution in [1.82, 2.24) is 9.97 Å². The molecule has 1 aliphatic carbocycles. The van der Waals surface area contributed by atoms with E-state index in [1.807, 2.05) is 18.2 Å². The summed E-state index contributed by atoms with van der Waals surface area (Å²) in [5, 5.41) is 3.07. The number of aromatic nitrogens is 2. The number of ether oxygens (including phenoxy) is 2. The number of benzene rings is 2. The van der Waals surface area contributed by atoms with E-state index in [9.17, 15) is 4.39 Å². The van der Waals surface area contributed by atoms with Crippen molar-refractivity contribution in [1.29, 1.82) is 0 Å². The van der Waals surface area contributed by atoms with Crippen molar-refractivity contribution in [2.45, 2.75) is 12.8 Å². The smallest absolute Gasteiger partial charge is 0.227 e. The second-order valence-electron chi connectivity index (χ2n) is 7.18. The van der Waals surface area contributed by atoms with Crippen LogP contribution in [-0.2, 0) is 0 Å². The second-order valence-corrected chi connectivity index (χ2v) is 7.18. The van der Waals surface area contributed by atoms with E-state index in [0.29, 0.717) is 47.8 Å². The Morgan fingerprint density at radius 3 is 2.70 bits per heavy atom. The molecule has 4 rings (SSSR count). The van der Waals surface area contributed by atoms with Gasteiger partial charge in [0.1, 0.15) is 12.4 Å². The minimum atomic E-state index is -0.455. The lowest BCUT2D eigenvalue weighted by Gasteiger charge is -2.11. The van der Waals surface area contributed by atoms with Crippen LogP contribution in [0, 0.1) is 11.7 Å². The zero-order valence-electron chi connectivity index (χ0n) is 16.5. The summed E-state index contributed by atoms with van der Waals surface area (Å²) in [5.74, 6) is 1.39. The van der Waals surface area contributed by atoms with Crippen LogP contribution in [0.3, 0.4) is 0 Å². The normalized spacial score (nSPS) is 13.1. The number of nitrogen functional groups attached to an aromatic ring is 1. The maximum absolute atomic E-state index is 13.8. The number of anilines is 3. The van der Waals surface area contributed by atoms with E-state index >= 15 is 0 Å². The highest BCUT2D eigenvalue weighted by Gasteiger charge is 2.22. The van der Waals surface area contributed by atoms with E-state index in [1.54, 1.807) is 24.4 Å². The SMILES string of the molecule is NCCOc1cc(Nc2nccc(-c3ccc(OCC4CC4)c(N)c3)n2)ccc1F. The molecule has 0 aliphatic heterocycles. The molecule has 3 aromatic rings. The molecule has 7 nitrogen and oxygen atoms in total. The number of halogens is 1. The highest BCUT2D eigenvalue weighted by atomic mass is 19.1. The monoisotopic (exact) mass is 409 g/mol. The fraction of sp³-hybridized carbons (Fsp3) is 0.273. The van der Waals surface area contributed by atoms with Crippen LogP contribution in [0.15, 0.2) is 48.7 Å². The summed E-state index contributed by atoms with van der Waals surface area (Å²) in [4.78, 5) is 8.77. The predicted octanol–water partition coefficient (Wildman–Crippen LogP) is 3.73. The first-order valence-corrected chi connectivity index (χ1v) is 9.87. The van der Waals surface area contributed by atoms with Crippen LogP contribution in [0.1, 0.15) is 12.8 Å². The number of nitrogens with one attached hydrogen (secondary N) is 1. The Labute approximate surface area is 174 Å². The van der Waals surface area contributed by atoms with Crippen molar-refractivity contribution in [3.63, 3.8) is 0 Å². The molecule has 30 heavy (non-hydrogen) atoms. The molecule has 0 spiro atoms. The van der Waals surface area contributed by atoms with E-state index in [-0.39, 0.29) is 12.4 Å². The van der Waals surface area contributed by atoms with Crippen LogP contribution in [-0.4, -0.2) is 29.7 Å². The molecule has 0 bridgehead atoms. The maximum Gasteiger partial charge on any atom is 0.227 e. The molecular formula is C22H24FN5O2. The van der Waals surface area contributed by atoms with Crippen LogP contribution >= 0.6 is 0 Å². The Morgan fingerprint density at radius 2 is 1.93 bits per heavy atom. The van der Waals surface area contributed by atoms with Gasteiger partial charge in [0.05, 0.1) is 18.0 Å². The second kappa shape index (κ2) is 8.96. The highest BCUT2D eigenvalue weighted by molar-refractivity contribution is 5.69. The third kappa shape index (κ3) is 4.96. The van der Waals surface area contributed by atoms with E-state index in [1.165, 1.54) is 18.9 Å². The fourth-order valence-electron chi connectivity index (χ4n) is 2.90. The number of nitrogens with zero attached hydrogens (tertiary/aromatic N) is 2. The third-order valence-electron chi connectivity index (χ3n) is 4.70. The van der Waals surface area contributed by atoms with Crippen molar-refractivity contribution in [3.05, 3.63) is 54.5 Å². The molecule has 0 unspecified atom stereocenters. The predicted molar refractivity (Wildman–Crippen MR) is 114 cm³/mol. The van der Waals surface area contributed by atoms with Gasteiger partial charge < -0.3 is 26.3 Å². The van der Waals surface area contributed by atoms with Crippen LogP contribution < -0.4 is 26.3 Å². The van der Waals surface area contributed by atoms with Gasteiger partial charge in [0, 0.05) is 30.1 Å². The first kappa shape index (κ1) is 19.9. The van der Waals surface area contributed by atoms with E-state index < -0.39 is 5.82 Å². The van der Waals surface area contributed by atoms with Crippen molar-refractivity contribution in [2.75, 3.05) is 30.8 Å². The minimum absolute atomic E-state index is 0.121. The van der Waals surface area contributed by atoms with Crippen LogP contribution in [0.25, 0.3) is 11.3 Å². The van der Waals surface area contributed by atoms with Gasteiger partial charge in [-0.25, -0.2) is 14.4 Å². The quantitative estimate of drug-likeness (QED) is 0.462. The summed E-state index contributed by atoms with van der Waals surface area (Å²) >= 11 is 0. The average molecular weight is 409 g/mol. The van der Waals surface area contributed by atoms with Gasteiger partial charge in [-0.1, -0.05) is 0 Å². The Bertz CT molecular complexity index is 1030. The average Bonchev–Trinajstić information content (AvgIpc) is 3.58.